The van der Waals surface area contributed by atoms with Crippen LogP contribution in [-0.4, -0.2) is 31.1 Å². The molecule has 1 aliphatic heterocycles. The molecule has 2 heterocycles. The maximum atomic E-state index is 6.06. The van der Waals surface area contributed by atoms with Crippen LogP contribution in [0.25, 0.3) is 0 Å². The molecule has 0 amide bonds. The van der Waals surface area contributed by atoms with E-state index in [1.165, 1.54) is 15.0 Å². The Balaban J connectivity index is 1.57. The maximum Gasteiger partial charge on any atom is 0.0426 e. The van der Waals surface area contributed by atoms with Crippen LogP contribution in [0.4, 0.5) is 5.69 Å². The second-order valence-electron chi connectivity index (χ2n) is 4.97. The van der Waals surface area contributed by atoms with Crippen molar-refractivity contribution in [2.75, 3.05) is 31.1 Å². The lowest BCUT2D eigenvalue weighted by Crippen LogP contribution is -2.45. The lowest BCUT2D eigenvalue weighted by Gasteiger charge is -2.36. The Morgan fingerprint density at radius 2 is 1.95 bits per heavy atom. The zero-order chi connectivity index (χ0) is 13.9. The molecule has 1 saturated heterocycles. The van der Waals surface area contributed by atoms with Crippen LogP contribution < -0.4 is 4.90 Å². The van der Waals surface area contributed by atoms with Gasteiger partial charge in [0.2, 0.25) is 0 Å². The van der Waals surface area contributed by atoms with Gasteiger partial charge in [0.25, 0.3) is 0 Å². The van der Waals surface area contributed by atoms with Gasteiger partial charge in [0.1, 0.15) is 0 Å². The molecule has 1 aromatic carbocycles. The van der Waals surface area contributed by atoms with Crippen molar-refractivity contribution < 1.29 is 0 Å². The third-order valence-electron chi connectivity index (χ3n) is 3.55. The SMILES string of the molecule is Clc1cccc(N2CCN(Cc3cc(Br)cs3)CC2)c1. The molecule has 1 fully saturated rings. The predicted octanol–water partition coefficient (Wildman–Crippen LogP) is 4.49. The number of piperazine rings is 1. The van der Waals surface area contributed by atoms with Crippen LogP contribution in [0.3, 0.4) is 0 Å². The quantitative estimate of drug-likeness (QED) is 0.784. The standard InChI is InChI=1S/C15H16BrClN2S/c16-12-8-15(20-11-12)10-18-4-6-19(7-5-18)14-3-1-2-13(17)9-14/h1-3,8-9,11H,4-7,10H2. The van der Waals surface area contributed by atoms with Gasteiger partial charge in [0.15, 0.2) is 0 Å². The van der Waals surface area contributed by atoms with E-state index in [9.17, 15) is 0 Å². The van der Waals surface area contributed by atoms with E-state index >= 15 is 0 Å². The van der Waals surface area contributed by atoms with Crippen LogP contribution in [0.2, 0.25) is 5.02 Å². The van der Waals surface area contributed by atoms with Crippen molar-refractivity contribution in [1.82, 2.24) is 4.90 Å². The van der Waals surface area contributed by atoms with Crippen LogP contribution in [0, 0.1) is 0 Å². The average Bonchev–Trinajstić information content (AvgIpc) is 2.85. The normalized spacial score (nSPS) is 16.6. The molecular weight excluding hydrogens is 356 g/mol. The van der Waals surface area contributed by atoms with Gasteiger partial charge in [-0.05, 0) is 40.2 Å². The number of hydrogen-bond acceptors (Lipinski definition) is 3. The number of nitrogens with zero attached hydrogens (tertiary/aromatic N) is 2. The van der Waals surface area contributed by atoms with Crippen molar-refractivity contribution in [3.05, 3.63) is 50.1 Å². The van der Waals surface area contributed by atoms with Gasteiger partial charge in [0, 0.05) is 58.2 Å². The largest absolute Gasteiger partial charge is 0.369 e. The summed E-state index contributed by atoms with van der Waals surface area (Å²) < 4.78 is 1.19. The highest BCUT2D eigenvalue weighted by atomic mass is 79.9. The molecule has 20 heavy (non-hydrogen) atoms. The minimum Gasteiger partial charge on any atom is -0.369 e. The number of hydrogen-bond donors (Lipinski definition) is 0. The Kier molecular flexibility index (Phi) is 4.66. The molecular formula is C15H16BrClN2S. The summed E-state index contributed by atoms with van der Waals surface area (Å²) >= 11 is 11.4. The molecule has 0 atom stereocenters. The summed E-state index contributed by atoms with van der Waals surface area (Å²) in [7, 11) is 0. The molecule has 0 saturated carbocycles. The Labute approximate surface area is 137 Å². The van der Waals surface area contributed by atoms with Crippen LogP contribution in [0.5, 0.6) is 0 Å². The molecule has 5 heteroatoms. The fraction of sp³-hybridized carbons (Fsp3) is 0.333. The highest BCUT2D eigenvalue weighted by molar-refractivity contribution is 9.10. The topological polar surface area (TPSA) is 6.48 Å². The fourth-order valence-corrected chi connectivity index (χ4v) is 4.17. The van der Waals surface area contributed by atoms with Gasteiger partial charge >= 0.3 is 0 Å². The summed E-state index contributed by atoms with van der Waals surface area (Å²) in [6.45, 7) is 5.38. The molecule has 0 bridgehead atoms. The van der Waals surface area contributed by atoms with Crippen LogP contribution in [0.1, 0.15) is 4.88 Å². The van der Waals surface area contributed by atoms with Crippen molar-refractivity contribution in [2.45, 2.75) is 6.54 Å². The molecule has 2 aromatic rings. The van der Waals surface area contributed by atoms with Crippen LogP contribution in [0.15, 0.2) is 40.2 Å². The van der Waals surface area contributed by atoms with Crippen molar-refractivity contribution in [3.8, 4) is 0 Å². The monoisotopic (exact) mass is 370 g/mol. The number of benzene rings is 1. The number of halogens is 2. The first-order chi connectivity index (χ1) is 9.70. The van der Waals surface area contributed by atoms with E-state index in [4.69, 9.17) is 11.6 Å². The third-order valence-corrected chi connectivity index (χ3v) is 5.46. The van der Waals surface area contributed by atoms with E-state index in [1.807, 2.05) is 29.5 Å². The first kappa shape index (κ1) is 14.4. The predicted molar refractivity (Wildman–Crippen MR) is 91.0 cm³/mol. The molecule has 106 valence electrons. The summed E-state index contributed by atoms with van der Waals surface area (Å²) in [4.78, 5) is 6.35. The average molecular weight is 372 g/mol. The Hall–Kier alpha value is -0.550. The Bertz CT molecular complexity index is 579. The van der Waals surface area contributed by atoms with Gasteiger partial charge in [-0.3, -0.25) is 4.90 Å². The molecule has 0 aliphatic carbocycles. The summed E-state index contributed by atoms with van der Waals surface area (Å²) in [5, 5.41) is 2.96. The maximum absolute atomic E-state index is 6.06. The van der Waals surface area contributed by atoms with Crippen molar-refractivity contribution in [3.63, 3.8) is 0 Å². The van der Waals surface area contributed by atoms with E-state index in [0.717, 1.165) is 37.7 Å². The van der Waals surface area contributed by atoms with Gasteiger partial charge in [-0.25, -0.2) is 0 Å². The van der Waals surface area contributed by atoms with Gasteiger partial charge in [-0.15, -0.1) is 11.3 Å². The summed E-state index contributed by atoms with van der Waals surface area (Å²) in [6.07, 6.45) is 0. The second-order valence-corrected chi connectivity index (χ2v) is 7.32. The molecule has 0 radical (unpaired) electrons. The summed E-state index contributed by atoms with van der Waals surface area (Å²) in [5.74, 6) is 0. The number of thiophene rings is 1. The first-order valence-corrected chi connectivity index (χ1v) is 8.71. The lowest BCUT2D eigenvalue weighted by molar-refractivity contribution is 0.252. The van der Waals surface area contributed by atoms with E-state index in [-0.39, 0.29) is 0 Å². The minimum atomic E-state index is 0.813. The highest BCUT2D eigenvalue weighted by Crippen LogP contribution is 2.23. The van der Waals surface area contributed by atoms with Crippen molar-refractivity contribution >= 4 is 44.6 Å². The molecule has 1 aromatic heterocycles. The zero-order valence-electron chi connectivity index (χ0n) is 11.1. The Morgan fingerprint density at radius 1 is 1.15 bits per heavy atom. The summed E-state index contributed by atoms with van der Waals surface area (Å²) in [5.41, 5.74) is 1.23. The minimum absolute atomic E-state index is 0.813. The molecule has 0 unspecified atom stereocenters. The van der Waals surface area contributed by atoms with E-state index < -0.39 is 0 Å². The smallest absolute Gasteiger partial charge is 0.0426 e. The zero-order valence-corrected chi connectivity index (χ0v) is 14.2. The van der Waals surface area contributed by atoms with E-state index in [2.05, 4.69) is 43.2 Å². The molecule has 3 rings (SSSR count). The van der Waals surface area contributed by atoms with Gasteiger partial charge in [0.05, 0.1) is 0 Å². The van der Waals surface area contributed by atoms with Crippen molar-refractivity contribution in [2.24, 2.45) is 0 Å². The van der Waals surface area contributed by atoms with E-state index in [0.29, 0.717) is 0 Å². The van der Waals surface area contributed by atoms with Crippen LogP contribution in [-0.2, 0) is 6.54 Å². The van der Waals surface area contributed by atoms with Gasteiger partial charge < -0.3 is 4.90 Å². The van der Waals surface area contributed by atoms with E-state index in [1.54, 1.807) is 0 Å². The lowest BCUT2D eigenvalue weighted by atomic mass is 10.2. The second kappa shape index (κ2) is 6.48. The molecule has 0 spiro atoms. The molecule has 1 aliphatic rings. The van der Waals surface area contributed by atoms with Gasteiger partial charge in [-0.2, -0.15) is 0 Å². The number of rotatable bonds is 3. The van der Waals surface area contributed by atoms with Crippen LogP contribution >= 0.6 is 38.9 Å². The number of anilines is 1. The third kappa shape index (κ3) is 3.55. The van der Waals surface area contributed by atoms with Gasteiger partial charge in [-0.1, -0.05) is 17.7 Å². The highest BCUT2D eigenvalue weighted by Gasteiger charge is 2.17. The molecule has 2 nitrogen and oxygen atoms in total. The summed E-state index contributed by atoms with van der Waals surface area (Å²) in [6, 6.07) is 10.3. The molecule has 0 N–H and O–H groups in total. The fourth-order valence-electron chi connectivity index (χ4n) is 2.49. The Morgan fingerprint density at radius 3 is 2.60 bits per heavy atom. The first-order valence-electron chi connectivity index (χ1n) is 6.66. The van der Waals surface area contributed by atoms with Crippen molar-refractivity contribution in [1.29, 1.82) is 0 Å².